The van der Waals surface area contributed by atoms with Crippen LogP contribution in [-0.2, 0) is 30.5 Å². The zero-order valence-electron chi connectivity index (χ0n) is 14.4. The van der Waals surface area contributed by atoms with Crippen molar-refractivity contribution in [2.24, 2.45) is 5.73 Å². The predicted octanol–water partition coefficient (Wildman–Crippen LogP) is 3.24. The summed E-state index contributed by atoms with van der Waals surface area (Å²) in [4.78, 5) is 17.3. The molecule has 1 aliphatic rings. The Morgan fingerprint density at radius 1 is 1.25 bits per heavy atom. The Morgan fingerprint density at radius 2 is 1.96 bits per heavy atom. The first kappa shape index (κ1) is 20.7. The standard InChI is InChI=1S/C17H16BrF5N4O/c18-11-6-12(19)9(4-13(11)20)3-10(24)5-16(28)27-2-1-26-7-14(17(21,22)23)25-15(26)8-27/h4,6-7,10H,1-3,5,8,24H2/t10-/m1/s1. The minimum Gasteiger partial charge on any atom is -0.333 e. The van der Waals surface area contributed by atoms with Gasteiger partial charge in [0.15, 0.2) is 5.69 Å². The Bertz CT molecular complexity index is 898. The van der Waals surface area contributed by atoms with Crippen molar-refractivity contribution in [3.8, 4) is 0 Å². The molecule has 0 unspecified atom stereocenters. The molecule has 0 bridgehead atoms. The fourth-order valence-electron chi connectivity index (χ4n) is 3.03. The van der Waals surface area contributed by atoms with E-state index < -0.39 is 29.5 Å². The smallest absolute Gasteiger partial charge is 0.333 e. The summed E-state index contributed by atoms with van der Waals surface area (Å²) in [7, 11) is 0. The molecule has 1 aromatic heterocycles. The number of nitrogens with zero attached hydrogens (tertiary/aromatic N) is 3. The van der Waals surface area contributed by atoms with Gasteiger partial charge in [-0.1, -0.05) is 0 Å². The molecule has 1 aromatic carbocycles. The highest BCUT2D eigenvalue weighted by atomic mass is 79.9. The molecule has 2 heterocycles. The third-order valence-electron chi connectivity index (χ3n) is 4.45. The Labute approximate surface area is 165 Å². The lowest BCUT2D eigenvalue weighted by molar-refractivity contribution is -0.141. The average Bonchev–Trinajstić information content (AvgIpc) is 3.03. The highest BCUT2D eigenvalue weighted by Gasteiger charge is 2.36. The van der Waals surface area contributed by atoms with Gasteiger partial charge in [-0.2, -0.15) is 13.2 Å². The number of carbonyl (C=O) groups is 1. The minimum absolute atomic E-state index is 0.0135. The van der Waals surface area contributed by atoms with Crippen molar-refractivity contribution in [3.63, 3.8) is 0 Å². The molecular weight excluding hydrogens is 451 g/mol. The van der Waals surface area contributed by atoms with Gasteiger partial charge in [0.25, 0.3) is 0 Å². The minimum atomic E-state index is -4.55. The van der Waals surface area contributed by atoms with Gasteiger partial charge in [0.2, 0.25) is 5.91 Å². The van der Waals surface area contributed by atoms with Gasteiger partial charge in [-0.15, -0.1) is 0 Å². The molecule has 0 saturated heterocycles. The maximum atomic E-state index is 13.9. The molecule has 11 heteroatoms. The van der Waals surface area contributed by atoms with Gasteiger partial charge in [0.05, 0.1) is 11.0 Å². The van der Waals surface area contributed by atoms with Gasteiger partial charge in [-0.05, 0) is 40.0 Å². The quantitative estimate of drug-likeness (QED) is 0.555. The largest absolute Gasteiger partial charge is 0.434 e. The molecule has 0 saturated carbocycles. The second-order valence-corrected chi connectivity index (χ2v) is 7.43. The zero-order chi connectivity index (χ0) is 20.6. The summed E-state index contributed by atoms with van der Waals surface area (Å²) in [6.45, 7) is 0.336. The average molecular weight is 467 g/mol. The SMILES string of the molecule is N[C@@H](CC(=O)N1CCn2cc(C(F)(F)F)nc2C1)Cc1cc(F)c(Br)cc1F. The van der Waals surface area contributed by atoms with Crippen LogP contribution in [0, 0.1) is 11.6 Å². The van der Waals surface area contributed by atoms with Crippen LogP contribution in [0.4, 0.5) is 22.0 Å². The number of imidazole rings is 1. The third-order valence-corrected chi connectivity index (χ3v) is 5.06. The molecule has 152 valence electrons. The second-order valence-electron chi connectivity index (χ2n) is 6.57. The fourth-order valence-corrected chi connectivity index (χ4v) is 3.35. The molecule has 1 atom stereocenters. The molecule has 2 N–H and O–H groups in total. The van der Waals surface area contributed by atoms with Gasteiger partial charge < -0.3 is 15.2 Å². The van der Waals surface area contributed by atoms with Crippen molar-refractivity contribution in [2.45, 2.75) is 38.1 Å². The molecule has 0 spiro atoms. The maximum absolute atomic E-state index is 13.9. The number of carbonyl (C=O) groups excluding carboxylic acids is 1. The first-order valence-corrected chi connectivity index (χ1v) is 9.14. The van der Waals surface area contributed by atoms with Crippen LogP contribution in [0.1, 0.15) is 23.5 Å². The summed E-state index contributed by atoms with van der Waals surface area (Å²) in [5, 5.41) is 0. The van der Waals surface area contributed by atoms with E-state index in [1.807, 2.05) is 0 Å². The van der Waals surface area contributed by atoms with Crippen LogP contribution in [-0.4, -0.2) is 32.9 Å². The summed E-state index contributed by atoms with van der Waals surface area (Å²) in [5.74, 6) is -1.52. The first-order valence-electron chi connectivity index (χ1n) is 8.34. The van der Waals surface area contributed by atoms with Crippen LogP contribution < -0.4 is 5.73 Å². The summed E-state index contributed by atoms with van der Waals surface area (Å²) in [5.41, 5.74) is 4.96. The lowest BCUT2D eigenvalue weighted by Gasteiger charge is -2.28. The molecule has 0 fully saturated rings. The zero-order valence-corrected chi connectivity index (χ0v) is 16.0. The van der Waals surface area contributed by atoms with Crippen LogP contribution in [0.15, 0.2) is 22.8 Å². The van der Waals surface area contributed by atoms with E-state index in [1.54, 1.807) is 0 Å². The van der Waals surface area contributed by atoms with Crippen LogP contribution in [0.2, 0.25) is 0 Å². The van der Waals surface area contributed by atoms with Crippen LogP contribution in [0.5, 0.6) is 0 Å². The van der Waals surface area contributed by atoms with Crippen LogP contribution in [0.25, 0.3) is 0 Å². The molecule has 0 aliphatic carbocycles. The normalized spacial score (nSPS) is 15.5. The molecule has 5 nitrogen and oxygen atoms in total. The molecule has 1 aliphatic heterocycles. The number of rotatable bonds is 4. The molecule has 28 heavy (non-hydrogen) atoms. The topological polar surface area (TPSA) is 64.2 Å². The highest BCUT2D eigenvalue weighted by Crippen LogP contribution is 2.29. The summed E-state index contributed by atoms with van der Waals surface area (Å²) in [6, 6.07) is 1.23. The van der Waals surface area contributed by atoms with Gasteiger partial charge in [0, 0.05) is 31.7 Å². The Morgan fingerprint density at radius 3 is 2.64 bits per heavy atom. The number of hydrogen-bond donors (Lipinski definition) is 1. The third kappa shape index (κ3) is 4.52. The number of nitrogens with two attached hydrogens (primary N) is 1. The number of alkyl halides is 3. The van der Waals surface area contributed by atoms with Gasteiger partial charge in [-0.25, -0.2) is 13.8 Å². The van der Waals surface area contributed by atoms with E-state index >= 15 is 0 Å². The first-order chi connectivity index (χ1) is 13.0. The second kappa shape index (κ2) is 7.78. The van der Waals surface area contributed by atoms with Gasteiger partial charge >= 0.3 is 6.18 Å². The van der Waals surface area contributed by atoms with E-state index in [1.165, 1.54) is 9.47 Å². The van der Waals surface area contributed by atoms with E-state index in [0.29, 0.717) is 0 Å². The molecule has 1 amide bonds. The highest BCUT2D eigenvalue weighted by molar-refractivity contribution is 9.10. The summed E-state index contributed by atoms with van der Waals surface area (Å²) >= 11 is 2.88. The molecule has 0 radical (unpaired) electrons. The van der Waals surface area contributed by atoms with E-state index in [9.17, 15) is 26.7 Å². The Balaban J connectivity index is 1.62. The van der Waals surface area contributed by atoms with Crippen molar-refractivity contribution >= 4 is 21.8 Å². The molecule has 2 aromatic rings. The van der Waals surface area contributed by atoms with Crippen LogP contribution in [0.3, 0.4) is 0 Å². The van der Waals surface area contributed by atoms with E-state index in [-0.39, 0.29) is 54.2 Å². The number of aromatic nitrogens is 2. The van der Waals surface area contributed by atoms with E-state index in [2.05, 4.69) is 20.9 Å². The lowest BCUT2D eigenvalue weighted by atomic mass is 10.0. The summed E-state index contributed by atoms with van der Waals surface area (Å²) < 4.78 is 67.1. The fraction of sp³-hybridized carbons (Fsp3) is 0.412. The van der Waals surface area contributed by atoms with Crippen molar-refractivity contribution in [1.29, 1.82) is 0 Å². The lowest BCUT2D eigenvalue weighted by Crippen LogP contribution is -2.41. The van der Waals surface area contributed by atoms with Gasteiger partial charge in [-0.3, -0.25) is 4.79 Å². The number of fused-ring (bicyclic) bond motifs is 1. The number of benzene rings is 1. The van der Waals surface area contributed by atoms with Crippen molar-refractivity contribution in [2.75, 3.05) is 6.54 Å². The monoisotopic (exact) mass is 466 g/mol. The van der Waals surface area contributed by atoms with E-state index in [4.69, 9.17) is 5.73 Å². The van der Waals surface area contributed by atoms with Crippen molar-refractivity contribution < 1.29 is 26.7 Å². The number of halogens is 6. The maximum Gasteiger partial charge on any atom is 0.434 e. The van der Waals surface area contributed by atoms with Crippen LogP contribution >= 0.6 is 15.9 Å². The van der Waals surface area contributed by atoms with E-state index in [0.717, 1.165) is 18.3 Å². The number of amides is 1. The molecule has 3 rings (SSSR count). The Hall–Kier alpha value is -2.01. The number of hydrogen-bond acceptors (Lipinski definition) is 3. The van der Waals surface area contributed by atoms with Crippen molar-refractivity contribution in [1.82, 2.24) is 14.5 Å². The molecular formula is C17H16BrF5N4O. The summed E-state index contributed by atoms with van der Waals surface area (Å²) in [6.07, 6.45) is -3.83. The van der Waals surface area contributed by atoms with Crippen molar-refractivity contribution in [3.05, 3.63) is 51.5 Å². The van der Waals surface area contributed by atoms with Gasteiger partial charge in [0.1, 0.15) is 17.5 Å². The Kier molecular flexibility index (Phi) is 5.76. The predicted molar refractivity (Wildman–Crippen MR) is 93.0 cm³/mol.